The second-order valence-corrected chi connectivity index (χ2v) is 5.84. The minimum atomic E-state index is -0.423. The van der Waals surface area contributed by atoms with E-state index in [9.17, 15) is 14.4 Å². The van der Waals surface area contributed by atoms with E-state index >= 15 is 0 Å². The molecule has 3 aromatic rings. The highest BCUT2D eigenvalue weighted by Crippen LogP contribution is 2.22. The molecule has 0 saturated carbocycles. The van der Waals surface area contributed by atoms with Crippen molar-refractivity contribution in [2.75, 3.05) is 0 Å². The number of rotatable bonds is 2. The van der Waals surface area contributed by atoms with E-state index in [1.807, 2.05) is 0 Å². The zero-order valence-corrected chi connectivity index (χ0v) is 13.0. The van der Waals surface area contributed by atoms with Crippen LogP contribution < -0.4 is 5.56 Å². The molecule has 24 heavy (non-hydrogen) atoms. The molecule has 1 aliphatic rings. The number of amides is 2. The summed E-state index contributed by atoms with van der Waals surface area (Å²) in [6.45, 7) is -0.194. The number of halogens is 1. The van der Waals surface area contributed by atoms with E-state index in [1.165, 1.54) is 17.0 Å². The fourth-order valence-corrected chi connectivity index (χ4v) is 2.92. The zero-order chi connectivity index (χ0) is 16.8. The van der Waals surface area contributed by atoms with Crippen molar-refractivity contribution < 1.29 is 9.59 Å². The van der Waals surface area contributed by atoms with Gasteiger partial charge in [-0.05, 0) is 30.3 Å². The number of carbonyl (C=O) groups excluding carboxylic acids is 2. The lowest BCUT2D eigenvalue weighted by molar-refractivity contribution is 0.0603. The van der Waals surface area contributed by atoms with Crippen LogP contribution in [-0.4, -0.2) is 26.3 Å². The molecule has 2 heterocycles. The first-order valence-corrected chi connectivity index (χ1v) is 7.54. The minimum absolute atomic E-state index is 0.194. The summed E-state index contributed by atoms with van der Waals surface area (Å²) in [6, 6.07) is 11.4. The average molecular weight is 340 g/mol. The van der Waals surface area contributed by atoms with Crippen LogP contribution in [0.15, 0.2) is 53.6 Å². The van der Waals surface area contributed by atoms with Crippen molar-refractivity contribution in [1.82, 2.24) is 14.5 Å². The number of hydrogen-bond donors (Lipinski definition) is 0. The predicted octanol–water partition coefficient (Wildman–Crippen LogP) is 2.30. The molecule has 0 spiro atoms. The number of aromatic nitrogens is 2. The Morgan fingerprint density at radius 1 is 0.958 bits per heavy atom. The van der Waals surface area contributed by atoms with E-state index in [4.69, 9.17) is 11.6 Å². The lowest BCUT2D eigenvalue weighted by atomic mass is 10.1. The molecular formula is C17H10ClN3O3. The fourth-order valence-electron chi connectivity index (χ4n) is 2.75. The van der Waals surface area contributed by atoms with Gasteiger partial charge in [0.25, 0.3) is 17.4 Å². The fraction of sp³-hybridized carbons (Fsp3) is 0.0588. The molecule has 0 aliphatic carbocycles. The topological polar surface area (TPSA) is 72.3 Å². The standard InChI is InChI=1S/C17H10ClN3O3/c18-10-5-6-14-13(7-10)15(22)20(8-19-14)9-21-16(23)11-3-1-2-4-12(11)17(21)24/h1-8H,9H2. The summed E-state index contributed by atoms with van der Waals surface area (Å²) in [4.78, 5) is 42.6. The van der Waals surface area contributed by atoms with E-state index in [1.54, 1.807) is 36.4 Å². The predicted molar refractivity (Wildman–Crippen MR) is 88.0 cm³/mol. The van der Waals surface area contributed by atoms with Gasteiger partial charge in [0, 0.05) is 5.02 Å². The quantitative estimate of drug-likeness (QED) is 0.672. The Bertz CT molecular complexity index is 1040. The molecule has 0 radical (unpaired) electrons. The number of nitrogens with zero attached hydrogens (tertiary/aromatic N) is 3. The Kier molecular flexibility index (Phi) is 3.21. The van der Waals surface area contributed by atoms with Gasteiger partial charge in [-0.25, -0.2) is 4.98 Å². The lowest BCUT2D eigenvalue weighted by Gasteiger charge is -2.15. The van der Waals surface area contributed by atoms with Crippen LogP contribution in [0.3, 0.4) is 0 Å². The molecule has 0 unspecified atom stereocenters. The van der Waals surface area contributed by atoms with E-state index in [0.717, 1.165) is 4.90 Å². The maximum Gasteiger partial charge on any atom is 0.263 e. The summed E-state index contributed by atoms with van der Waals surface area (Å²) in [6.07, 6.45) is 1.32. The Morgan fingerprint density at radius 3 is 2.29 bits per heavy atom. The molecule has 0 bridgehead atoms. The first-order chi connectivity index (χ1) is 11.6. The van der Waals surface area contributed by atoms with Crippen molar-refractivity contribution >= 4 is 34.3 Å². The van der Waals surface area contributed by atoms with Crippen LogP contribution in [0.2, 0.25) is 5.02 Å². The summed E-state index contributed by atoms with van der Waals surface area (Å²) in [7, 11) is 0. The molecule has 2 aromatic carbocycles. The van der Waals surface area contributed by atoms with E-state index < -0.39 is 11.8 Å². The van der Waals surface area contributed by atoms with Gasteiger partial charge >= 0.3 is 0 Å². The largest absolute Gasteiger partial charge is 0.280 e. The van der Waals surface area contributed by atoms with Gasteiger partial charge in [0.2, 0.25) is 0 Å². The Balaban J connectivity index is 1.76. The van der Waals surface area contributed by atoms with Crippen molar-refractivity contribution in [2.45, 2.75) is 6.67 Å². The van der Waals surface area contributed by atoms with Crippen LogP contribution in [0, 0.1) is 0 Å². The minimum Gasteiger partial charge on any atom is -0.280 e. The van der Waals surface area contributed by atoms with Crippen LogP contribution in [-0.2, 0) is 6.67 Å². The van der Waals surface area contributed by atoms with Gasteiger partial charge in [-0.3, -0.25) is 23.9 Å². The van der Waals surface area contributed by atoms with E-state index in [2.05, 4.69) is 4.98 Å². The third-order valence-electron chi connectivity index (χ3n) is 3.96. The van der Waals surface area contributed by atoms with Crippen molar-refractivity contribution in [2.24, 2.45) is 0 Å². The monoisotopic (exact) mass is 339 g/mol. The molecule has 0 saturated heterocycles. The summed E-state index contributed by atoms with van der Waals surface area (Å²) < 4.78 is 1.22. The van der Waals surface area contributed by atoms with E-state index in [0.29, 0.717) is 27.1 Å². The van der Waals surface area contributed by atoms with Gasteiger partial charge in [0.1, 0.15) is 6.67 Å². The number of fused-ring (bicyclic) bond motifs is 2. The summed E-state index contributed by atoms with van der Waals surface area (Å²) in [5.41, 5.74) is 0.821. The molecule has 118 valence electrons. The van der Waals surface area contributed by atoms with Crippen LogP contribution in [0.25, 0.3) is 10.9 Å². The van der Waals surface area contributed by atoms with Gasteiger partial charge in [0.15, 0.2) is 0 Å². The van der Waals surface area contributed by atoms with Crippen LogP contribution in [0.4, 0.5) is 0 Å². The molecule has 1 aromatic heterocycles. The van der Waals surface area contributed by atoms with Gasteiger partial charge in [-0.15, -0.1) is 0 Å². The SMILES string of the molecule is O=C1c2ccccc2C(=O)N1Cn1cnc2ccc(Cl)cc2c1=O. The molecule has 1 aliphatic heterocycles. The molecule has 0 atom stereocenters. The first kappa shape index (κ1) is 14.6. The van der Waals surface area contributed by atoms with Gasteiger partial charge < -0.3 is 0 Å². The maximum atomic E-state index is 12.6. The molecule has 6 nitrogen and oxygen atoms in total. The Labute approximate surface area is 140 Å². The average Bonchev–Trinajstić information content (AvgIpc) is 2.83. The molecule has 0 fully saturated rings. The number of imide groups is 1. The molecule has 2 amide bonds. The highest BCUT2D eigenvalue weighted by molar-refractivity contribution is 6.31. The van der Waals surface area contributed by atoms with Crippen molar-refractivity contribution in [1.29, 1.82) is 0 Å². The maximum absolute atomic E-state index is 12.6. The third kappa shape index (κ3) is 2.11. The second kappa shape index (κ2) is 5.28. The number of hydrogen-bond acceptors (Lipinski definition) is 4. The smallest absolute Gasteiger partial charge is 0.263 e. The second-order valence-electron chi connectivity index (χ2n) is 5.41. The van der Waals surface area contributed by atoms with Crippen molar-refractivity contribution in [3.63, 3.8) is 0 Å². The van der Waals surface area contributed by atoms with Crippen LogP contribution in [0.1, 0.15) is 20.7 Å². The Hall–Kier alpha value is -2.99. The van der Waals surface area contributed by atoms with Crippen LogP contribution in [0.5, 0.6) is 0 Å². The lowest BCUT2D eigenvalue weighted by Crippen LogP contribution is -2.36. The summed E-state index contributed by atoms with van der Waals surface area (Å²) in [5.74, 6) is -0.845. The highest BCUT2D eigenvalue weighted by Gasteiger charge is 2.35. The Morgan fingerprint density at radius 2 is 1.62 bits per heavy atom. The summed E-state index contributed by atoms with van der Waals surface area (Å²) >= 11 is 5.93. The van der Waals surface area contributed by atoms with Crippen molar-refractivity contribution in [3.8, 4) is 0 Å². The third-order valence-corrected chi connectivity index (χ3v) is 4.19. The number of benzene rings is 2. The molecular weight excluding hydrogens is 330 g/mol. The summed E-state index contributed by atoms with van der Waals surface area (Å²) in [5, 5.41) is 0.751. The zero-order valence-electron chi connectivity index (χ0n) is 12.3. The van der Waals surface area contributed by atoms with E-state index in [-0.39, 0.29) is 12.2 Å². The van der Waals surface area contributed by atoms with Crippen molar-refractivity contribution in [3.05, 3.63) is 75.3 Å². The first-order valence-electron chi connectivity index (χ1n) is 7.16. The van der Waals surface area contributed by atoms with Gasteiger partial charge in [-0.2, -0.15) is 0 Å². The molecule has 0 N–H and O–H groups in total. The van der Waals surface area contributed by atoms with Gasteiger partial charge in [0.05, 0.1) is 28.4 Å². The van der Waals surface area contributed by atoms with Crippen LogP contribution >= 0.6 is 11.6 Å². The normalized spacial score (nSPS) is 13.6. The number of carbonyl (C=O) groups is 2. The van der Waals surface area contributed by atoms with Gasteiger partial charge in [-0.1, -0.05) is 23.7 Å². The highest BCUT2D eigenvalue weighted by atomic mass is 35.5. The molecule has 4 rings (SSSR count). The molecule has 7 heteroatoms.